The van der Waals surface area contributed by atoms with Crippen LogP contribution in [0.2, 0.25) is 0 Å². The van der Waals surface area contributed by atoms with Gasteiger partial charge >= 0.3 is 0 Å². The summed E-state index contributed by atoms with van der Waals surface area (Å²) in [4.78, 5) is 21.9. The zero-order valence-electron chi connectivity index (χ0n) is 17.0. The lowest BCUT2D eigenvalue weighted by Crippen LogP contribution is -2.23. The number of aromatic nitrogens is 2. The number of ketones is 1. The summed E-state index contributed by atoms with van der Waals surface area (Å²) >= 11 is 0. The van der Waals surface area contributed by atoms with Crippen LogP contribution in [0.4, 0.5) is 16.0 Å². The van der Waals surface area contributed by atoms with Gasteiger partial charge in [0.15, 0.2) is 5.78 Å². The number of anilines is 2. The van der Waals surface area contributed by atoms with Gasteiger partial charge in [0.05, 0.1) is 31.2 Å². The molecule has 1 N–H and O–H groups in total. The number of benzene rings is 2. The van der Waals surface area contributed by atoms with Crippen LogP contribution in [0.5, 0.6) is 11.5 Å². The Hall–Kier alpha value is -3.48. The number of carbonyl (C=O) groups excluding carboxylic acids is 1. The summed E-state index contributed by atoms with van der Waals surface area (Å²) in [5, 5.41) is 3.09. The van der Waals surface area contributed by atoms with E-state index in [2.05, 4.69) is 15.3 Å². The lowest BCUT2D eigenvalue weighted by Gasteiger charge is -2.26. The minimum absolute atomic E-state index is 0.0185. The zero-order valence-corrected chi connectivity index (χ0v) is 17.0. The Bertz CT molecular complexity index is 1100. The van der Waals surface area contributed by atoms with Gasteiger partial charge in [-0.1, -0.05) is 6.07 Å². The van der Waals surface area contributed by atoms with Crippen molar-refractivity contribution >= 4 is 17.4 Å². The standard InChI is InChI=1S/C23H22FN3O3/c1-13-22-19(27-23(25-13)26-16-6-4-15(24)5-7-16)10-14(11-20(22)28)18-9-8-17(29-2)12-21(18)30-3/h4-9,12,14H,10-11H2,1-3H3,(H,25,26,27)/t14-/m1/s1. The second-order valence-corrected chi connectivity index (χ2v) is 7.22. The van der Waals surface area contributed by atoms with Crippen LogP contribution in [0.3, 0.4) is 0 Å². The molecule has 0 bridgehead atoms. The number of nitrogens with zero attached hydrogens (tertiary/aromatic N) is 2. The third kappa shape index (κ3) is 3.83. The van der Waals surface area contributed by atoms with Crippen molar-refractivity contribution in [3.63, 3.8) is 0 Å². The summed E-state index contributed by atoms with van der Waals surface area (Å²) < 4.78 is 24.0. The highest BCUT2D eigenvalue weighted by atomic mass is 19.1. The minimum atomic E-state index is -0.315. The van der Waals surface area contributed by atoms with E-state index in [0.717, 1.165) is 5.56 Å². The second-order valence-electron chi connectivity index (χ2n) is 7.22. The maximum Gasteiger partial charge on any atom is 0.227 e. The van der Waals surface area contributed by atoms with E-state index in [4.69, 9.17) is 9.47 Å². The van der Waals surface area contributed by atoms with Crippen molar-refractivity contribution in [1.29, 1.82) is 0 Å². The molecule has 154 valence electrons. The van der Waals surface area contributed by atoms with Crippen molar-refractivity contribution in [2.24, 2.45) is 0 Å². The van der Waals surface area contributed by atoms with Gasteiger partial charge in [-0.25, -0.2) is 14.4 Å². The van der Waals surface area contributed by atoms with Crippen LogP contribution < -0.4 is 14.8 Å². The van der Waals surface area contributed by atoms with Gasteiger partial charge in [-0.2, -0.15) is 0 Å². The molecule has 1 atom stereocenters. The predicted molar refractivity (Wildman–Crippen MR) is 111 cm³/mol. The van der Waals surface area contributed by atoms with Gasteiger partial charge in [0.2, 0.25) is 5.95 Å². The van der Waals surface area contributed by atoms with Crippen LogP contribution >= 0.6 is 0 Å². The summed E-state index contributed by atoms with van der Waals surface area (Å²) in [7, 11) is 3.21. The second kappa shape index (κ2) is 8.10. The highest BCUT2D eigenvalue weighted by Crippen LogP contribution is 2.39. The monoisotopic (exact) mass is 407 g/mol. The molecule has 7 heteroatoms. The number of halogens is 1. The maximum absolute atomic E-state index is 13.2. The van der Waals surface area contributed by atoms with Crippen molar-refractivity contribution in [1.82, 2.24) is 9.97 Å². The summed E-state index contributed by atoms with van der Waals surface area (Å²) in [6.45, 7) is 1.81. The molecule has 2 aromatic carbocycles. The van der Waals surface area contributed by atoms with Crippen molar-refractivity contribution in [2.75, 3.05) is 19.5 Å². The fourth-order valence-electron chi connectivity index (χ4n) is 3.87. The maximum atomic E-state index is 13.2. The molecule has 0 saturated heterocycles. The predicted octanol–water partition coefficient (Wildman–Crippen LogP) is 4.60. The number of hydrogen-bond donors (Lipinski definition) is 1. The van der Waals surface area contributed by atoms with Crippen molar-refractivity contribution < 1.29 is 18.7 Å². The average Bonchev–Trinajstić information content (AvgIpc) is 2.74. The molecule has 6 nitrogen and oxygen atoms in total. The van der Waals surface area contributed by atoms with E-state index in [1.807, 2.05) is 25.1 Å². The topological polar surface area (TPSA) is 73.3 Å². The molecule has 1 aliphatic carbocycles. The molecular weight excluding hydrogens is 385 g/mol. The number of nitrogens with one attached hydrogen (secondary N) is 1. The number of hydrogen-bond acceptors (Lipinski definition) is 6. The molecule has 3 aromatic rings. The molecule has 4 rings (SSSR count). The van der Waals surface area contributed by atoms with Gasteiger partial charge in [0, 0.05) is 24.1 Å². The molecule has 0 saturated carbocycles. The summed E-state index contributed by atoms with van der Waals surface area (Å²) in [5.41, 5.74) is 3.54. The molecule has 0 spiro atoms. The quantitative estimate of drug-likeness (QED) is 0.667. The first-order chi connectivity index (χ1) is 14.5. The fourth-order valence-corrected chi connectivity index (χ4v) is 3.87. The first-order valence-corrected chi connectivity index (χ1v) is 9.63. The number of carbonyl (C=O) groups is 1. The van der Waals surface area contributed by atoms with E-state index < -0.39 is 0 Å². The Balaban J connectivity index is 1.67. The molecule has 0 radical (unpaired) electrons. The first-order valence-electron chi connectivity index (χ1n) is 9.63. The lowest BCUT2D eigenvalue weighted by atomic mass is 9.81. The summed E-state index contributed by atoms with van der Waals surface area (Å²) in [6, 6.07) is 11.6. The van der Waals surface area contributed by atoms with Gasteiger partial charge in [-0.05, 0) is 49.2 Å². The van der Waals surface area contributed by atoms with E-state index in [9.17, 15) is 9.18 Å². The Labute approximate surface area is 174 Å². The molecule has 0 fully saturated rings. The Morgan fingerprint density at radius 3 is 2.50 bits per heavy atom. The molecule has 1 heterocycles. The largest absolute Gasteiger partial charge is 0.497 e. The van der Waals surface area contributed by atoms with Crippen LogP contribution in [0.1, 0.15) is 39.6 Å². The highest BCUT2D eigenvalue weighted by molar-refractivity contribution is 6.00. The molecule has 30 heavy (non-hydrogen) atoms. The van der Waals surface area contributed by atoms with Crippen LogP contribution in [0.25, 0.3) is 0 Å². The smallest absolute Gasteiger partial charge is 0.227 e. The van der Waals surface area contributed by atoms with E-state index in [1.54, 1.807) is 26.4 Å². The van der Waals surface area contributed by atoms with Crippen LogP contribution in [-0.4, -0.2) is 30.0 Å². The first kappa shape index (κ1) is 19.8. The van der Waals surface area contributed by atoms with Crippen molar-refractivity contribution in [3.8, 4) is 11.5 Å². The normalized spacial score (nSPS) is 15.5. The SMILES string of the molecule is COc1ccc([C@H]2CC(=O)c3c(C)nc(Nc4ccc(F)cc4)nc3C2)c(OC)c1. The van der Waals surface area contributed by atoms with E-state index >= 15 is 0 Å². The number of rotatable bonds is 5. The molecular formula is C23H22FN3O3. The van der Waals surface area contributed by atoms with Crippen LogP contribution in [0.15, 0.2) is 42.5 Å². The van der Waals surface area contributed by atoms with E-state index in [1.165, 1.54) is 12.1 Å². The molecule has 0 unspecified atom stereocenters. The van der Waals surface area contributed by atoms with Gasteiger partial charge in [-0.3, -0.25) is 4.79 Å². The van der Waals surface area contributed by atoms with Crippen LogP contribution in [-0.2, 0) is 6.42 Å². The third-order valence-corrected chi connectivity index (χ3v) is 5.30. The van der Waals surface area contributed by atoms with Gasteiger partial charge in [-0.15, -0.1) is 0 Å². The number of fused-ring (bicyclic) bond motifs is 1. The molecule has 0 amide bonds. The van der Waals surface area contributed by atoms with Crippen LogP contribution in [0, 0.1) is 12.7 Å². The zero-order chi connectivity index (χ0) is 21.3. The molecule has 0 aliphatic heterocycles. The Morgan fingerprint density at radius 1 is 1.03 bits per heavy atom. The number of methoxy groups -OCH3 is 2. The fraction of sp³-hybridized carbons (Fsp3) is 0.261. The minimum Gasteiger partial charge on any atom is -0.497 e. The van der Waals surface area contributed by atoms with Crippen molar-refractivity contribution in [2.45, 2.75) is 25.7 Å². The van der Waals surface area contributed by atoms with E-state index in [0.29, 0.717) is 52.9 Å². The summed E-state index contributed by atoms with van der Waals surface area (Å²) in [5.74, 6) is 1.41. The average molecular weight is 407 g/mol. The summed E-state index contributed by atoms with van der Waals surface area (Å²) in [6.07, 6.45) is 0.954. The Kier molecular flexibility index (Phi) is 5.35. The van der Waals surface area contributed by atoms with Gasteiger partial charge in [0.1, 0.15) is 17.3 Å². The lowest BCUT2D eigenvalue weighted by molar-refractivity contribution is 0.0961. The number of Topliss-reactive ketones (excluding diaryl/α,β-unsaturated/α-hetero) is 1. The number of aryl methyl sites for hydroxylation is 1. The molecule has 1 aliphatic rings. The Morgan fingerprint density at radius 2 is 1.80 bits per heavy atom. The van der Waals surface area contributed by atoms with Crippen molar-refractivity contribution in [3.05, 3.63) is 70.8 Å². The van der Waals surface area contributed by atoms with Gasteiger partial charge < -0.3 is 14.8 Å². The van der Waals surface area contributed by atoms with E-state index in [-0.39, 0.29) is 17.5 Å². The highest BCUT2D eigenvalue weighted by Gasteiger charge is 2.31. The van der Waals surface area contributed by atoms with Gasteiger partial charge in [0.25, 0.3) is 0 Å². The molecule has 1 aromatic heterocycles. The number of ether oxygens (including phenoxy) is 2. The third-order valence-electron chi connectivity index (χ3n) is 5.30.